The first-order valence-corrected chi connectivity index (χ1v) is 11.5. The summed E-state index contributed by atoms with van der Waals surface area (Å²) in [5.74, 6) is 3.58. The van der Waals surface area contributed by atoms with E-state index in [1.54, 1.807) is 12.1 Å². The van der Waals surface area contributed by atoms with Crippen LogP contribution in [0.3, 0.4) is 0 Å². The van der Waals surface area contributed by atoms with Gasteiger partial charge in [0.2, 0.25) is 0 Å². The zero-order valence-electron chi connectivity index (χ0n) is 17.3. The number of aliphatic hydroxyl groups excluding tert-OH is 1. The molecule has 0 unspecified atom stereocenters. The Morgan fingerprint density at radius 2 is 1.55 bits per heavy atom. The van der Waals surface area contributed by atoms with Crippen LogP contribution in [0.2, 0.25) is 5.15 Å². The monoisotopic (exact) mass is 418 g/mol. The minimum Gasteiger partial charge on any atom is -0.396 e. The highest BCUT2D eigenvalue weighted by Crippen LogP contribution is 2.42. The molecule has 0 atom stereocenters. The number of imidazole rings is 1. The maximum Gasteiger partial charge on any atom is 0.131 e. The normalized spacial score (nSPS) is 24.1. The summed E-state index contributed by atoms with van der Waals surface area (Å²) >= 11 is 6.51. The Balaban J connectivity index is 0.000000359. The van der Waals surface area contributed by atoms with Crippen molar-refractivity contribution in [2.75, 3.05) is 6.61 Å². The Hall–Kier alpha value is -1.39. The van der Waals surface area contributed by atoms with Crippen molar-refractivity contribution in [3.05, 3.63) is 52.3 Å². The summed E-state index contributed by atoms with van der Waals surface area (Å²) in [5, 5.41) is 9.04. The molecule has 5 rings (SSSR count). The molecular weight excluding hydrogens is 387 g/mol. The number of aromatic nitrogens is 2. The molecule has 1 heterocycles. The summed E-state index contributed by atoms with van der Waals surface area (Å²) in [6.45, 7) is 3.46. The minimum atomic E-state index is -0.153. The lowest BCUT2D eigenvalue weighted by atomic mass is 9.78. The van der Waals surface area contributed by atoms with Crippen LogP contribution in [0.5, 0.6) is 0 Å². The van der Waals surface area contributed by atoms with Crippen molar-refractivity contribution in [1.29, 1.82) is 0 Å². The maximum atomic E-state index is 13.1. The predicted molar refractivity (Wildman–Crippen MR) is 115 cm³/mol. The van der Waals surface area contributed by atoms with Gasteiger partial charge in [0.15, 0.2) is 0 Å². The number of hydrogen-bond acceptors (Lipinski definition) is 2. The third kappa shape index (κ3) is 5.40. The quantitative estimate of drug-likeness (QED) is 0.625. The molecule has 1 N–H and O–H groups in total. The Morgan fingerprint density at radius 1 is 0.966 bits per heavy atom. The number of hydrogen-bond donors (Lipinski definition) is 1. The lowest BCUT2D eigenvalue weighted by Crippen LogP contribution is -2.17. The fourth-order valence-corrected chi connectivity index (χ4v) is 4.54. The van der Waals surface area contributed by atoms with Gasteiger partial charge in [0.1, 0.15) is 16.8 Å². The molecule has 1 aromatic carbocycles. The second-order valence-electron chi connectivity index (χ2n) is 9.13. The molecule has 5 heteroatoms. The maximum absolute atomic E-state index is 13.1. The number of halogens is 2. The molecule has 2 aromatic rings. The van der Waals surface area contributed by atoms with Crippen molar-refractivity contribution < 1.29 is 9.50 Å². The van der Waals surface area contributed by atoms with E-state index in [9.17, 15) is 4.39 Å². The molecule has 0 aliphatic heterocycles. The third-order valence-corrected chi connectivity index (χ3v) is 7.10. The number of aryl methyl sites for hydroxylation is 1. The van der Waals surface area contributed by atoms with Gasteiger partial charge >= 0.3 is 0 Å². The van der Waals surface area contributed by atoms with E-state index < -0.39 is 0 Å². The van der Waals surface area contributed by atoms with Crippen molar-refractivity contribution in [1.82, 2.24) is 9.55 Å². The number of nitrogens with zero attached hydrogens (tertiary/aromatic N) is 2. The van der Waals surface area contributed by atoms with Gasteiger partial charge in [-0.2, -0.15) is 0 Å². The van der Waals surface area contributed by atoms with Gasteiger partial charge in [0, 0.05) is 19.1 Å². The molecule has 0 radical (unpaired) electrons. The number of rotatable bonds is 5. The van der Waals surface area contributed by atoms with Gasteiger partial charge in [0.25, 0.3) is 0 Å². The first-order valence-electron chi connectivity index (χ1n) is 11.1. The van der Waals surface area contributed by atoms with E-state index in [-0.39, 0.29) is 5.82 Å². The summed E-state index contributed by atoms with van der Waals surface area (Å²) in [5.41, 5.74) is 2.23. The molecular formula is C24H32ClFN2O. The summed E-state index contributed by atoms with van der Waals surface area (Å²) in [7, 11) is 0. The highest BCUT2D eigenvalue weighted by atomic mass is 35.5. The van der Waals surface area contributed by atoms with E-state index in [1.807, 2.05) is 19.1 Å². The van der Waals surface area contributed by atoms with Crippen LogP contribution in [0.4, 0.5) is 4.39 Å². The van der Waals surface area contributed by atoms with Gasteiger partial charge in [0.05, 0.1) is 5.69 Å². The molecule has 158 valence electrons. The Bertz CT molecular complexity index is 803. The molecule has 3 aliphatic carbocycles. The first kappa shape index (κ1) is 20.9. The lowest BCUT2D eigenvalue weighted by Gasteiger charge is -2.29. The van der Waals surface area contributed by atoms with E-state index in [1.165, 1.54) is 37.1 Å². The molecule has 3 aliphatic rings. The summed E-state index contributed by atoms with van der Waals surface area (Å²) in [6.07, 6.45) is 9.73. The van der Waals surface area contributed by atoms with Crippen LogP contribution in [0, 0.1) is 24.6 Å². The van der Waals surface area contributed by atoms with E-state index in [0.29, 0.717) is 24.4 Å². The molecule has 1 aromatic heterocycles. The van der Waals surface area contributed by atoms with Crippen LogP contribution in [-0.4, -0.2) is 21.3 Å². The standard InChI is InChI=1S/C20H24ClFN2.C4H8O/c1-13-19(21)24(12-14-2-3-14)20(23-13)17-6-4-15(5-7-17)16-8-10-18(22)11-9-16;5-3-4-1-2-4/h8-11,14-15,17H,2-7,12H2,1H3;4-5H,1-3H2. The first-order chi connectivity index (χ1) is 14.0. The van der Waals surface area contributed by atoms with E-state index in [0.717, 1.165) is 49.0 Å². The largest absolute Gasteiger partial charge is 0.396 e. The fraction of sp³-hybridized carbons (Fsp3) is 0.625. The molecule has 3 saturated carbocycles. The fourth-order valence-electron chi connectivity index (χ4n) is 4.34. The van der Waals surface area contributed by atoms with Crippen molar-refractivity contribution in [3.63, 3.8) is 0 Å². The Kier molecular flexibility index (Phi) is 6.60. The second-order valence-corrected chi connectivity index (χ2v) is 9.48. The van der Waals surface area contributed by atoms with E-state index in [4.69, 9.17) is 21.7 Å². The highest BCUT2D eigenvalue weighted by Gasteiger charge is 2.30. The highest BCUT2D eigenvalue weighted by molar-refractivity contribution is 6.30. The van der Waals surface area contributed by atoms with Gasteiger partial charge < -0.3 is 9.67 Å². The molecule has 0 amide bonds. The lowest BCUT2D eigenvalue weighted by molar-refractivity contribution is 0.277. The topological polar surface area (TPSA) is 38.0 Å². The van der Waals surface area contributed by atoms with Crippen LogP contribution < -0.4 is 0 Å². The molecule has 0 spiro atoms. The Morgan fingerprint density at radius 3 is 2.07 bits per heavy atom. The molecule has 0 bridgehead atoms. The predicted octanol–water partition coefficient (Wildman–Crippen LogP) is 6.22. The summed E-state index contributed by atoms with van der Waals surface area (Å²) in [4.78, 5) is 4.81. The smallest absolute Gasteiger partial charge is 0.131 e. The van der Waals surface area contributed by atoms with Gasteiger partial charge in [-0.3, -0.25) is 0 Å². The van der Waals surface area contributed by atoms with Crippen LogP contribution in [0.15, 0.2) is 24.3 Å². The number of benzene rings is 1. The van der Waals surface area contributed by atoms with Crippen LogP contribution in [-0.2, 0) is 6.54 Å². The molecule has 0 saturated heterocycles. The third-order valence-electron chi connectivity index (χ3n) is 6.62. The van der Waals surface area contributed by atoms with Crippen molar-refractivity contribution >= 4 is 11.6 Å². The van der Waals surface area contributed by atoms with Crippen LogP contribution in [0.1, 0.15) is 80.3 Å². The van der Waals surface area contributed by atoms with Crippen LogP contribution >= 0.6 is 11.6 Å². The molecule has 3 nitrogen and oxygen atoms in total. The van der Waals surface area contributed by atoms with Crippen LogP contribution in [0.25, 0.3) is 0 Å². The van der Waals surface area contributed by atoms with E-state index >= 15 is 0 Å². The van der Waals surface area contributed by atoms with Crippen molar-refractivity contribution in [3.8, 4) is 0 Å². The van der Waals surface area contributed by atoms with Crippen molar-refractivity contribution in [2.24, 2.45) is 11.8 Å². The number of aliphatic hydroxyl groups is 1. The van der Waals surface area contributed by atoms with Crippen molar-refractivity contribution in [2.45, 2.75) is 76.7 Å². The van der Waals surface area contributed by atoms with Gasteiger partial charge in [-0.05, 0) is 93.7 Å². The van der Waals surface area contributed by atoms with Gasteiger partial charge in [-0.15, -0.1) is 0 Å². The van der Waals surface area contributed by atoms with Gasteiger partial charge in [-0.1, -0.05) is 23.7 Å². The minimum absolute atomic E-state index is 0.153. The van der Waals surface area contributed by atoms with Gasteiger partial charge in [-0.25, -0.2) is 9.37 Å². The zero-order chi connectivity index (χ0) is 20.4. The SMILES string of the molecule is Cc1nc(C2CCC(c3ccc(F)cc3)CC2)n(CC2CC2)c1Cl.OCC1CC1. The Labute approximate surface area is 178 Å². The van der Waals surface area contributed by atoms with E-state index in [2.05, 4.69) is 4.57 Å². The average molecular weight is 419 g/mol. The average Bonchev–Trinajstić information content (AvgIpc) is 3.66. The summed E-state index contributed by atoms with van der Waals surface area (Å²) < 4.78 is 15.4. The zero-order valence-corrected chi connectivity index (χ0v) is 18.0. The molecule has 3 fully saturated rings. The summed E-state index contributed by atoms with van der Waals surface area (Å²) in [6, 6.07) is 7.03. The second kappa shape index (κ2) is 9.18. The molecule has 29 heavy (non-hydrogen) atoms.